The van der Waals surface area contributed by atoms with Crippen LogP contribution in [-0.2, 0) is 6.54 Å². The van der Waals surface area contributed by atoms with Gasteiger partial charge in [-0.25, -0.2) is 0 Å². The molecule has 3 N–H and O–H groups in total. The largest absolute Gasteiger partial charge is 0.371 e. The molecule has 4 nitrogen and oxygen atoms in total. The monoisotopic (exact) mass is 215 g/mol. The van der Waals surface area contributed by atoms with Gasteiger partial charge in [0.2, 0.25) is 0 Å². The molecule has 0 unspecified atom stereocenters. The lowest BCUT2D eigenvalue weighted by molar-refractivity contribution is 0.100. The number of benzene rings is 1. The number of rotatable bonds is 1. The van der Waals surface area contributed by atoms with Crippen LogP contribution in [0.25, 0.3) is 10.9 Å². The topological polar surface area (TPSA) is 60.1 Å². The van der Waals surface area contributed by atoms with Crippen LogP contribution in [0, 0.1) is 0 Å². The molecule has 0 spiro atoms. The number of aromatic nitrogens is 1. The van der Waals surface area contributed by atoms with Crippen molar-refractivity contribution in [3.05, 3.63) is 29.8 Å². The maximum absolute atomic E-state index is 11.5. The Morgan fingerprint density at radius 1 is 1.38 bits per heavy atom. The Bertz CT molecular complexity index is 571. The zero-order chi connectivity index (χ0) is 11.1. The number of nitrogens with one attached hydrogen (secondary N) is 1. The lowest BCUT2D eigenvalue weighted by Gasteiger charge is -2.18. The van der Waals surface area contributed by atoms with Crippen LogP contribution in [0.5, 0.6) is 0 Å². The number of nitrogens with two attached hydrogens (primary N) is 1. The van der Waals surface area contributed by atoms with Crippen LogP contribution in [0.3, 0.4) is 0 Å². The van der Waals surface area contributed by atoms with Gasteiger partial charge in [-0.05, 0) is 12.5 Å². The second kappa shape index (κ2) is 3.27. The summed E-state index contributed by atoms with van der Waals surface area (Å²) in [5.41, 5.74) is 7.16. The van der Waals surface area contributed by atoms with Gasteiger partial charge >= 0.3 is 0 Å². The Hall–Kier alpha value is -1.97. The number of carbonyl (C=O) groups is 1. The molecule has 1 aromatic carbocycles. The van der Waals surface area contributed by atoms with Crippen molar-refractivity contribution >= 4 is 22.6 Å². The lowest BCUT2D eigenvalue weighted by atomic mass is 10.1. The summed E-state index contributed by atoms with van der Waals surface area (Å²) in [4.78, 5) is 11.5. The number of hydrogen-bond donors (Lipinski definition) is 2. The van der Waals surface area contributed by atoms with Crippen LogP contribution in [-0.4, -0.2) is 17.0 Å². The van der Waals surface area contributed by atoms with E-state index in [9.17, 15) is 4.79 Å². The van der Waals surface area contributed by atoms with Crippen molar-refractivity contribution in [3.63, 3.8) is 0 Å². The summed E-state index contributed by atoms with van der Waals surface area (Å²) in [6.45, 7) is 1.84. The molecule has 0 radical (unpaired) electrons. The Morgan fingerprint density at radius 3 is 3.00 bits per heavy atom. The molecule has 0 aliphatic carbocycles. The fourth-order valence-corrected chi connectivity index (χ4v) is 2.41. The second-order valence-electron chi connectivity index (χ2n) is 4.04. The van der Waals surface area contributed by atoms with E-state index in [4.69, 9.17) is 5.73 Å². The number of anilines is 1. The van der Waals surface area contributed by atoms with Crippen molar-refractivity contribution in [1.29, 1.82) is 0 Å². The fraction of sp³-hybridized carbons (Fsp3) is 0.250. The van der Waals surface area contributed by atoms with E-state index >= 15 is 0 Å². The maximum Gasteiger partial charge on any atom is 0.253 e. The van der Waals surface area contributed by atoms with Crippen LogP contribution in [0.15, 0.2) is 24.3 Å². The maximum atomic E-state index is 11.5. The molecule has 0 saturated carbocycles. The number of amides is 1. The minimum atomic E-state index is -0.362. The van der Waals surface area contributed by atoms with E-state index in [0.717, 1.165) is 36.2 Å². The van der Waals surface area contributed by atoms with Crippen molar-refractivity contribution in [3.8, 4) is 0 Å². The first-order valence-corrected chi connectivity index (χ1v) is 5.44. The summed E-state index contributed by atoms with van der Waals surface area (Å²) in [7, 11) is 0. The zero-order valence-electron chi connectivity index (χ0n) is 8.86. The van der Waals surface area contributed by atoms with Crippen molar-refractivity contribution in [2.75, 3.05) is 11.9 Å². The summed E-state index contributed by atoms with van der Waals surface area (Å²) in [5.74, 6) is 0.513. The molecule has 1 aliphatic rings. The summed E-state index contributed by atoms with van der Waals surface area (Å²) < 4.78 is 2.14. The molecule has 0 atom stereocenters. The predicted molar refractivity (Wildman–Crippen MR) is 63.6 cm³/mol. The van der Waals surface area contributed by atoms with E-state index in [1.165, 1.54) is 0 Å². The van der Waals surface area contributed by atoms with E-state index in [1.807, 2.05) is 24.3 Å². The molecule has 0 fully saturated rings. The van der Waals surface area contributed by atoms with Gasteiger partial charge in [0, 0.05) is 18.5 Å². The number of hydrogen-bond acceptors (Lipinski definition) is 2. The Morgan fingerprint density at radius 2 is 2.19 bits per heavy atom. The van der Waals surface area contributed by atoms with Gasteiger partial charge in [-0.1, -0.05) is 18.2 Å². The minimum Gasteiger partial charge on any atom is -0.371 e. The average Bonchev–Trinajstić information content (AvgIpc) is 2.63. The molecule has 0 bridgehead atoms. The van der Waals surface area contributed by atoms with Crippen molar-refractivity contribution in [2.45, 2.75) is 13.0 Å². The molecule has 16 heavy (non-hydrogen) atoms. The second-order valence-corrected chi connectivity index (χ2v) is 4.04. The number of carbonyl (C=O) groups excluding carboxylic acids is 1. The third kappa shape index (κ3) is 1.13. The van der Waals surface area contributed by atoms with Crippen LogP contribution >= 0.6 is 0 Å². The van der Waals surface area contributed by atoms with E-state index in [2.05, 4.69) is 9.88 Å². The molecule has 2 aromatic rings. The van der Waals surface area contributed by atoms with Gasteiger partial charge in [0.15, 0.2) is 0 Å². The van der Waals surface area contributed by atoms with Crippen molar-refractivity contribution < 1.29 is 4.79 Å². The summed E-state index contributed by atoms with van der Waals surface area (Å²) in [5, 5.41) is 4.21. The quantitative estimate of drug-likeness (QED) is 0.758. The normalized spacial score (nSPS) is 14.5. The average molecular weight is 215 g/mol. The van der Waals surface area contributed by atoms with Crippen LogP contribution < -0.4 is 11.1 Å². The van der Waals surface area contributed by atoms with Gasteiger partial charge in [0.1, 0.15) is 5.82 Å². The molecular weight excluding hydrogens is 202 g/mol. The number of fused-ring (bicyclic) bond motifs is 3. The summed E-state index contributed by atoms with van der Waals surface area (Å²) in [6.07, 6.45) is 1.07. The van der Waals surface area contributed by atoms with Gasteiger partial charge < -0.3 is 15.6 Å². The third-order valence-electron chi connectivity index (χ3n) is 3.07. The van der Waals surface area contributed by atoms with Gasteiger partial charge in [-0.3, -0.25) is 4.79 Å². The number of para-hydroxylation sites is 1. The smallest absolute Gasteiger partial charge is 0.253 e. The molecule has 82 valence electrons. The highest BCUT2D eigenvalue weighted by molar-refractivity contribution is 6.11. The molecule has 0 saturated heterocycles. The molecular formula is C12H13N3O. The fourth-order valence-electron chi connectivity index (χ4n) is 2.41. The molecule has 1 aliphatic heterocycles. The van der Waals surface area contributed by atoms with Gasteiger partial charge in [0.25, 0.3) is 5.91 Å². The minimum absolute atomic E-state index is 0.362. The molecule has 1 amide bonds. The molecule has 2 heterocycles. The van der Waals surface area contributed by atoms with Crippen molar-refractivity contribution in [2.24, 2.45) is 5.73 Å². The van der Waals surface area contributed by atoms with Crippen LogP contribution in [0.2, 0.25) is 0 Å². The Labute approximate surface area is 93.0 Å². The van der Waals surface area contributed by atoms with E-state index < -0.39 is 0 Å². The zero-order valence-corrected chi connectivity index (χ0v) is 8.86. The van der Waals surface area contributed by atoms with Crippen LogP contribution in [0.4, 0.5) is 5.82 Å². The number of nitrogens with zero attached hydrogens (tertiary/aromatic N) is 1. The van der Waals surface area contributed by atoms with E-state index in [1.54, 1.807) is 0 Å². The number of aryl methyl sites for hydroxylation is 1. The predicted octanol–water partition coefficient (Wildman–Crippen LogP) is 1.56. The highest BCUT2D eigenvalue weighted by Gasteiger charge is 2.22. The first kappa shape index (κ1) is 9.27. The Balaban J connectivity index is 2.41. The van der Waals surface area contributed by atoms with Gasteiger partial charge in [-0.2, -0.15) is 0 Å². The van der Waals surface area contributed by atoms with Crippen molar-refractivity contribution in [1.82, 2.24) is 4.57 Å². The first-order chi connectivity index (χ1) is 7.79. The molecule has 1 aromatic heterocycles. The van der Waals surface area contributed by atoms with Gasteiger partial charge in [0.05, 0.1) is 11.1 Å². The lowest BCUT2D eigenvalue weighted by Crippen LogP contribution is -2.20. The SMILES string of the molecule is NC(=O)c1c2n(c3ccccc13)CCCN2. The molecule has 4 heteroatoms. The highest BCUT2D eigenvalue weighted by Crippen LogP contribution is 2.31. The summed E-state index contributed by atoms with van der Waals surface area (Å²) >= 11 is 0. The highest BCUT2D eigenvalue weighted by atomic mass is 16.1. The Kier molecular flexibility index (Phi) is 1.89. The van der Waals surface area contributed by atoms with Gasteiger partial charge in [-0.15, -0.1) is 0 Å². The van der Waals surface area contributed by atoms with Crippen LogP contribution in [0.1, 0.15) is 16.8 Å². The summed E-state index contributed by atoms with van der Waals surface area (Å²) in [6, 6.07) is 7.89. The number of primary amides is 1. The standard InChI is InChI=1S/C12H13N3O/c13-11(16)10-8-4-1-2-5-9(8)15-7-3-6-14-12(10)15/h1-2,4-5,14H,3,6-7H2,(H2,13,16). The van der Waals surface area contributed by atoms with E-state index in [0.29, 0.717) is 5.56 Å². The molecule has 3 rings (SSSR count). The first-order valence-electron chi connectivity index (χ1n) is 5.44. The van der Waals surface area contributed by atoms with E-state index in [-0.39, 0.29) is 5.91 Å². The third-order valence-corrected chi connectivity index (χ3v) is 3.07.